The number of amides is 1. The summed E-state index contributed by atoms with van der Waals surface area (Å²) < 4.78 is 39.7. The number of nitrogens with zero attached hydrogens (tertiary/aromatic N) is 2. The fourth-order valence-electron chi connectivity index (χ4n) is 5.73. The third-order valence-electron chi connectivity index (χ3n) is 8.12. The molecule has 5 rings (SSSR count). The molecule has 2 saturated carbocycles. The van der Waals surface area contributed by atoms with Crippen LogP contribution in [0.5, 0.6) is 0 Å². The molecule has 1 saturated heterocycles. The molecule has 3 fully saturated rings. The highest BCUT2D eigenvalue weighted by molar-refractivity contribution is 7.17. The molecule has 0 radical (unpaired) electrons. The Morgan fingerprint density at radius 2 is 1.85 bits per heavy atom. The maximum Gasteiger partial charge on any atom is 0.416 e. The Hall–Kier alpha value is -1.80. The maximum absolute atomic E-state index is 13.0. The zero-order chi connectivity index (χ0) is 23.9. The molecule has 1 N–H and O–H groups in total. The van der Waals surface area contributed by atoms with Crippen molar-refractivity contribution in [2.75, 3.05) is 37.6 Å². The van der Waals surface area contributed by atoms with Crippen molar-refractivity contribution in [2.24, 2.45) is 17.8 Å². The second-order valence-electron chi connectivity index (χ2n) is 10.4. The molecular weight excluding hydrogens is 459 g/mol. The Labute approximate surface area is 203 Å². The van der Waals surface area contributed by atoms with Crippen LogP contribution in [0.4, 0.5) is 18.9 Å². The normalized spacial score (nSPS) is 28.3. The minimum Gasteiger partial charge on any atom is -0.368 e. The van der Waals surface area contributed by atoms with Gasteiger partial charge in [-0.15, -0.1) is 11.3 Å². The van der Waals surface area contributed by atoms with E-state index in [1.807, 2.05) is 5.38 Å². The lowest BCUT2D eigenvalue weighted by Gasteiger charge is -2.36. The summed E-state index contributed by atoms with van der Waals surface area (Å²) in [6.45, 7) is 6.78. The maximum atomic E-state index is 13.0. The molecule has 4 nitrogen and oxygen atoms in total. The van der Waals surface area contributed by atoms with Crippen molar-refractivity contribution in [3.8, 4) is 0 Å². The number of carbonyl (C=O) groups excluding carboxylic acids is 1. The lowest BCUT2D eigenvalue weighted by atomic mass is 9.84. The van der Waals surface area contributed by atoms with E-state index in [9.17, 15) is 18.0 Å². The van der Waals surface area contributed by atoms with Crippen LogP contribution in [0, 0.1) is 17.8 Å². The molecule has 1 amide bonds. The predicted molar refractivity (Wildman–Crippen MR) is 131 cm³/mol. The molecule has 0 unspecified atom stereocenters. The third kappa shape index (κ3) is 5.23. The summed E-state index contributed by atoms with van der Waals surface area (Å²) in [7, 11) is 0. The number of hydrogen-bond donors (Lipinski definition) is 1. The number of benzene rings is 1. The summed E-state index contributed by atoms with van der Waals surface area (Å²) in [4.78, 5) is 17.4. The van der Waals surface area contributed by atoms with Gasteiger partial charge in [0.25, 0.3) is 0 Å². The number of piperazine rings is 1. The number of fused-ring (bicyclic) bond motifs is 1. The Bertz CT molecular complexity index is 1010. The molecule has 2 aliphatic carbocycles. The molecule has 1 aromatic carbocycles. The van der Waals surface area contributed by atoms with Gasteiger partial charge in [0.1, 0.15) is 0 Å². The van der Waals surface area contributed by atoms with E-state index in [2.05, 4.69) is 22.0 Å². The number of hydrogen-bond acceptors (Lipinski definition) is 4. The number of anilines is 1. The van der Waals surface area contributed by atoms with Crippen LogP contribution in [0.1, 0.15) is 51.0 Å². The number of alkyl halides is 3. The van der Waals surface area contributed by atoms with E-state index in [-0.39, 0.29) is 11.8 Å². The van der Waals surface area contributed by atoms with Gasteiger partial charge in [-0.1, -0.05) is 19.4 Å². The fourth-order valence-corrected chi connectivity index (χ4v) is 6.74. The van der Waals surface area contributed by atoms with Gasteiger partial charge >= 0.3 is 6.18 Å². The van der Waals surface area contributed by atoms with Gasteiger partial charge in [-0.2, -0.15) is 13.2 Å². The highest BCUT2D eigenvalue weighted by atomic mass is 32.1. The lowest BCUT2D eigenvalue weighted by molar-refractivity contribution is -0.137. The number of halogens is 3. The summed E-state index contributed by atoms with van der Waals surface area (Å²) in [6.07, 6.45) is 2.66. The van der Waals surface area contributed by atoms with Crippen molar-refractivity contribution < 1.29 is 18.0 Å². The Morgan fingerprint density at radius 1 is 1.12 bits per heavy atom. The number of carbonyl (C=O) groups is 1. The monoisotopic (exact) mass is 493 g/mol. The van der Waals surface area contributed by atoms with Crippen molar-refractivity contribution in [2.45, 2.75) is 57.7 Å². The standard InChI is InChI=1S/C26H34F3N3OS/c1-2-17-3-6-20(7-4-17)30-25(33)22-13-18(22)15-31-9-11-32(12-10-31)23-16-34-24-14-19(26(27,28)29)5-8-21(23)24/h5,8,14,16-18,20,22H,2-4,6-7,9-13,15H2,1H3,(H,30,33)/t17?,18-,20?,22+/m1/s1. The molecular formula is C26H34F3N3OS. The topological polar surface area (TPSA) is 35.6 Å². The summed E-state index contributed by atoms with van der Waals surface area (Å²) >= 11 is 1.38. The third-order valence-corrected chi connectivity index (χ3v) is 9.05. The average Bonchev–Trinajstić information content (AvgIpc) is 3.47. The number of nitrogens with one attached hydrogen (secondary N) is 1. The van der Waals surface area contributed by atoms with Gasteiger partial charge in [0.05, 0.1) is 11.3 Å². The summed E-state index contributed by atoms with van der Waals surface area (Å²) in [6, 6.07) is 4.42. The molecule has 2 atom stereocenters. The highest BCUT2D eigenvalue weighted by Gasteiger charge is 2.44. The smallest absolute Gasteiger partial charge is 0.368 e. The second-order valence-corrected chi connectivity index (χ2v) is 11.3. The zero-order valence-electron chi connectivity index (χ0n) is 19.7. The first-order valence-electron chi connectivity index (χ1n) is 12.7. The first kappa shape index (κ1) is 23.9. The van der Waals surface area contributed by atoms with Gasteiger partial charge in [-0.3, -0.25) is 9.69 Å². The predicted octanol–water partition coefficient (Wildman–Crippen LogP) is 5.76. The fraction of sp³-hybridized carbons (Fsp3) is 0.654. The minimum absolute atomic E-state index is 0.172. The van der Waals surface area contributed by atoms with Crippen LogP contribution in [0.25, 0.3) is 10.1 Å². The zero-order valence-corrected chi connectivity index (χ0v) is 20.6. The van der Waals surface area contributed by atoms with Crippen LogP contribution in [0.2, 0.25) is 0 Å². The van der Waals surface area contributed by atoms with Crippen LogP contribution in [0.15, 0.2) is 23.6 Å². The van der Waals surface area contributed by atoms with Gasteiger partial charge in [-0.25, -0.2) is 0 Å². The molecule has 0 bridgehead atoms. The van der Waals surface area contributed by atoms with Gasteiger partial charge in [0, 0.05) is 60.1 Å². The van der Waals surface area contributed by atoms with Crippen molar-refractivity contribution in [3.05, 3.63) is 29.1 Å². The van der Waals surface area contributed by atoms with E-state index in [0.717, 1.165) is 69.0 Å². The molecule has 34 heavy (non-hydrogen) atoms. The van der Waals surface area contributed by atoms with E-state index in [1.165, 1.54) is 42.7 Å². The van der Waals surface area contributed by atoms with E-state index >= 15 is 0 Å². The van der Waals surface area contributed by atoms with Crippen molar-refractivity contribution in [1.82, 2.24) is 10.2 Å². The Kier molecular flexibility index (Phi) is 6.81. The minimum atomic E-state index is -4.31. The summed E-state index contributed by atoms with van der Waals surface area (Å²) in [5.41, 5.74) is 0.449. The SMILES string of the molecule is CCC1CCC(NC(=O)[C@H]2C[C@@H]2CN2CCN(c3csc4cc(C(F)(F)F)ccc34)CC2)CC1. The number of rotatable bonds is 6. The van der Waals surface area contributed by atoms with Crippen LogP contribution < -0.4 is 10.2 Å². The van der Waals surface area contributed by atoms with Gasteiger partial charge in [-0.05, 0) is 56.1 Å². The molecule has 1 aromatic heterocycles. The van der Waals surface area contributed by atoms with E-state index < -0.39 is 11.7 Å². The highest BCUT2D eigenvalue weighted by Crippen LogP contribution is 2.41. The van der Waals surface area contributed by atoms with Gasteiger partial charge in [0.15, 0.2) is 0 Å². The molecule has 1 aliphatic heterocycles. The first-order chi connectivity index (χ1) is 16.3. The molecule has 186 valence electrons. The van der Waals surface area contributed by atoms with Crippen LogP contribution in [0.3, 0.4) is 0 Å². The molecule has 2 heterocycles. The molecule has 3 aliphatic rings. The van der Waals surface area contributed by atoms with Crippen LogP contribution in [-0.2, 0) is 11.0 Å². The van der Waals surface area contributed by atoms with E-state index in [4.69, 9.17) is 0 Å². The van der Waals surface area contributed by atoms with Crippen molar-refractivity contribution in [3.63, 3.8) is 0 Å². The Morgan fingerprint density at radius 3 is 2.53 bits per heavy atom. The Balaban J connectivity index is 1.08. The largest absolute Gasteiger partial charge is 0.416 e. The average molecular weight is 494 g/mol. The van der Waals surface area contributed by atoms with Crippen LogP contribution >= 0.6 is 11.3 Å². The molecule has 0 spiro atoms. The van der Waals surface area contributed by atoms with Crippen molar-refractivity contribution in [1.29, 1.82) is 0 Å². The lowest BCUT2D eigenvalue weighted by Crippen LogP contribution is -2.47. The quantitative estimate of drug-likeness (QED) is 0.556. The van der Waals surface area contributed by atoms with Gasteiger partial charge < -0.3 is 10.2 Å². The van der Waals surface area contributed by atoms with E-state index in [0.29, 0.717) is 16.7 Å². The van der Waals surface area contributed by atoms with Crippen LogP contribution in [-0.4, -0.2) is 49.6 Å². The van der Waals surface area contributed by atoms with Crippen molar-refractivity contribution >= 4 is 33.0 Å². The van der Waals surface area contributed by atoms with E-state index in [1.54, 1.807) is 6.07 Å². The molecule has 8 heteroatoms. The summed E-state index contributed by atoms with van der Waals surface area (Å²) in [5.74, 6) is 1.73. The van der Waals surface area contributed by atoms with Gasteiger partial charge in [0.2, 0.25) is 5.91 Å². The number of thiophene rings is 1. The second kappa shape index (κ2) is 9.69. The molecule has 2 aromatic rings. The first-order valence-corrected chi connectivity index (χ1v) is 13.6. The summed E-state index contributed by atoms with van der Waals surface area (Å²) in [5, 5.41) is 6.20.